The van der Waals surface area contributed by atoms with Crippen LogP contribution in [0.4, 0.5) is 0 Å². The van der Waals surface area contributed by atoms with Crippen molar-refractivity contribution in [1.82, 2.24) is 30.0 Å². The van der Waals surface area contributed by atoms with Crippen molar-refractivity contribution in [2.24, 2.45) is 5.92 Å². The third-order valence-corrected chi connectivity index (χ3v) is 14.6. The summed E-state index contributed by atoms with van der Waals surface area (Å²) in [6, 6.07) is 35.4. The van der Waals surface area contributed by atoms with Gasteiger partial charge >= 0.3 is 0 Å². The van der Waals surface area contributed by atoms with E-state index in [-0.39, 0.29) is 30.8 Å². The molecule has 2 aliphatic heterocycles. The molecule has 400 valence electrons. The van der Waals surface area contributed by atoms with Crippen LogP contribution >= 0.6 is 22.7 Å². The number of aromatic nitrogens is 2. The first-order chi connectivity index (χ1) is 36.6. The number of hydrogen-bond acceptors (Lipinski definition) is 14. The summed E-state index contributed by atoms with van der Waals surface area (Å²) in [7, 11) is 5.05. The van der Waals surface area contributed by atoms with Crippen LogP contribution in [0.2, 0.25) is 0 Å². The molecule has 0 bridgehead atoms. The minimum absolute atomic E-state index is 0.0898. The number of thiazole rings is 2. The Morgan fingerprint density at radius 1 is 0.618 bits per heavy atom. The molecule has 0 atom stereocenters. The number of ether oxygens (including phenoxy) is 6. The summed E-state index contributed by atoms with van der Waals surface area (Å²) >= 11 is 3.04. The van der Waals surface area contributed by atoms with Crippen molar-refractivity contribution in [3.8, 4) is 34.5 Å². The Morgan fingerprint density at radius 2 is 1.11 bits per heavy atom. The molecule has 76 heavy (non-hydrogen) atoms. The van der Waals surface area contributed by atoms with Gasteiger partial charge in [-0.15, -0.1) is 22.7 Å². The number of rotatable bonds is 21. The summed E-state index contributed by atoms with van der Waals surface area (Å²) in [5.41, 5.74) is 9.41. The van der Waals surface area contributed by atoms with Crippen LogP contribution in [0, 0.1) is 12.8 Å². The lowest BCUT2D eigenvalue weighted by Crippen LogP contribution is -2.29. The number of aryl methyl sites for hydroxylation is 1. The molecule has 0 aliphatic carbocycles. The standard InChI is InChI=1S/C35H41N3O5S.C25H29N3O3S/c1-35(2,3)27-11-7-25(8-12-27)19-38(20-26-10-14-30-32(18-26)43-23-42-30)21-33-36-28(22-44-33)34(39)37(4)16-15-24-9-13-29(40-5)31(17-24)41-6;1-17(2)11-26-25(29)21-15-32-24(27-21)14-28(12-19-6-4-18(3)5-7-19)13-20-8-9-22-23(10-20)31-16-30-22/h7-14,17-18,22H,15-16,19-21,23H2,1-6H3;4-10,15,17H,11-14,16H2,1-3H3,(H,26,29). The fourth-order valence-corrected chi connectivity index (χ4v) is 10.2. The first kappa shape index (κ1) is 55.3. The van der Waals surface area contributed by atoms with Crippen LogP contribution in [0.5, 0.6) is 34.5 Å². The molecule has 7 aromatic rings. The van der Waals surface area contributed by atoms with E-state index in [1.165, 1.54) is 44.9 Å². The molecule has 5 aromatic carbocycles. The molecule has 16 heteroatoms. The molecule has 2 amide bonds. The van der Waals surface area contributed by atoms with Crippen molar-refractivity contribution < 1.29 is 38.0 Å². The predicted octanol–water partition coefficient (Wildman–Crippen LogP) is 11.5. The van der Waals surface area contributed by atoms with Gasteiger partial charge in [-0.1, -0.05) is 107 Å². The average Bonchev–Trinajstić information content (AvgIpc) is 4.27. The van der Waals surface area contributed by atoms with E-state index < -0.39 is 0 Å². The summed E-state index contributed by atoms with van der Waals surface area (Å²) in [5, 5.41) is 8.47. The normalized spacial score (nSPS) is 12.5. The molecule has 0 saturated carbocycles. The van der Waals surface area contributed by atoms with E-state index in [9.17, 15) is 9.59 Å². The number of methoxy groups -OCH3 is 2. The van der Waals surface area contributed by atoms with Gasteiger partial charge in [0.05, 0.1) is 27.3 Å². The Hall–Kier alpha value is -6.98. The van der Waals surface area contributed by atoms with Crippen molar-refractivity contribution in [3.05, 3.63) is 174 Å². The van der Waals surface area contributed by atoms with Crippen molar-refractivity contribution in [2.45, 2.75) is 92.6 Å². The van der Waals surface area contributed by atoms with Crippen molar-refractivity contribution >= 4 is 34.5 Å². The van der Waals surface area contributed by atoms with E-state index in [1.807, 2.05) is 60.3 Å². The second-order valence-corrected chi connectivity index (χ2v) is 22.5. The lowest BCUT2D eigenvalue weighted by atomic mass is 9.87. The number of fused-ring (bicyclic) bond motifs is 2. The van der Waals surface area contributed by atoms with Gasteiger partial charge < -0.3 is 38.6 Å². The molecule has 14 nitrogen and oxygen atoms in total. The zero-order chi connectivity index (χ0) is 53.8. The Morgan fingerprint density at radius 3 is 1.64 bits per heavy atom. The molecular formula is C60H70N6O8S2. The fourth-order valence-electron chi connectivity index (χ4n) is 8.62. The molecule has 2 aliphatic rings. The Kier molecular flexibility index (Phi) is 18.7. The maximum atomic E-state index is 13.3. The zero-order valence-corrected chi connectivity index (χ0v) is 46.8. The van der Waals surface area contributed by atoms with Gasteiger partial charge in [0.15, 0.2) is 34.5 Å². The van der Waals surface area contributed by atoms with Crippen LogP contribution in [-0.4, -0.2) is 84.4 Å². The second-order valence-electron chi connectivity index (χ2n) is 20.6. The van der Waals surface area contributed by atoms with E-state index in [0.29, 0.717) is 67.9 Å². The molecular weight excluding hydrogens is 997 g/mol. The molecule has 4 heterocycles. The quantitative estimate of drug-likeness (QED) is 0.0733. The number of amides is 2. The molecule has 0 radical (unpaired) electrons. The van der Waals surface area contributed by atoms with Gasteiger partial charge in [-0.25, -0.2) is 9.97 Å². The molecule has 2 aromatic heterocycles. The minimum atomic E-state index is -0.109. The highest BCUT2D eigenvalue weighted by molar-refractivity contribution is 7.10. The molecule has 0 fully saturated rings. The summed E-state index contributed by atoms with van der Waals surface area (Å²) < 4.78 is 32.9. The number of carbonyl (C=O) groups is 2. The van der Waals surface area contributed by atoms with E-state index in [2.05, 4.69) is 122 Å². The highest BCUT2D eigenvalue weighted by Crippen LogP contribution is 2.35. The monoisotopic (exact) mass is 1070 g/mol. The second kappa shape index (κ2) is 25.7. The predicted molar refractivity (Wildman–Crippen MR) is 299 cm³/mol. The van der Waals surface area contributed by atoms with Gasteiger partial charge in [-0.3, -0.25) is 19.4 Å². The van der Waals surface area contributed by atoms with Gasteiger partial charge in [0.1, 0.15) is 21.4 Å². The third-order valence-electron chi connectivity index (χ3n) is 12.9. The first-order valence-corrected chi connectivity index (χ1v) is 27.3. The lowest BCUT2D eigenvalue weighted by molar-refractivity contribution is 0.0790. The molecule has 0 unspecified atom stereocenters. The van der Waals surface area contributed by atoms with E-state index in [4.69, 9.17) is 33.4 Å². The van der Waals surface area contributed by atoms with Gasteiger partial charge in [0.25, 0.3) is 11.8 Å². The van der Waals surface area contributed by atoms with E-state index >= 15 is 0 Å². The zero-order valence-electron chi connectivity index (χ0n) is 45.1. The summed E-state index contributed by atoms with van der Waals surface area (Å²) in [6.45, 7) is 18.9. The summed E-state index contributed by atoms with van der Waals surface area (Å²) in [6.07, 6.45) is 0.691. The van der Waals surface area contributed by atoms with E-state index in [0.717, 1.165) is 69.3 Å². The van der Waals surface area contributed by atoms with Crippen LogP contribution in [0.3, 0.4) is 0 Å². The van der Waals surface area contributed by atoms with Crippen LogP contribution in [-0.2, 0) is 51.1 Å². The smallest absolute Gasteiger partial charge is 0.273 e. The number of nitrogens with one attached hydrogen (secondary N) is 1. The summed E-state index contributed by atoms with van der Waals surface area (Å²) in [5.74, 6) is 4.70. The average molecular weight is 1070 g/mol. The Labute approximate surface area is 455 Å². The van der Waals surface area contributed by atoms with Crippen LogP contribution < -0.4 is 33.7 Å². The molecule has 9 rings (SSSR count). The van der Waals surface area contributed by atoms with Gasteiger partial charge in [-0.05, 0) is 94.5 Å². The third kappa shape index (κ3) is 15.3. The van der Waals surface area contributed by atoms with E-state index in [1.54, 1.807) is 19.1 Å². The van der Waals surface area contributed by atoms with Crippen molar-refractivity contribution in [1.29, 1.82) is 0 Å². The Bertz CT molecular complexity index is 3040. The number of nitrogens with zero attached hydrogens (tertiary/aromatic N) is 5. The highest BCUT2D eigenvalue weighted by Gasteiger charge is 2.22. The van der Waals surface area contributed by atoms with Crippen molar-refractivity contribution in [2.75, 3.05) is 47.9 Å². The molecule has 0 saturated heterocycles. The van der Waals surface area contributed by atoms with Gasteiger partial charge in [0, 0.05) is 57.1 Å². The molecule has 1 N–H and O–H groups in total. The van der Waals surface area contributed by atoms with Gasteiger partial charge in [0.2, 0.25) is 13.6 Å². The van der Waals surface area contributed by atoms with Crippen LogP contribution in [0.25, 0.3) is 0 Å². The fraction of sp³-hybridized carbons (Fsp3) is 0.367. The largest absolute Gasteiger partial charge is 0.493 e. The SMILES string of the molecule is COc1ccc(CCN(C)C(=O)c2csc(CN(Cc3ccc(C(C)(C)C)cc3)Cc3ccc4c(c3)OCO4)n2)cc1OC.Cc1ccc(CN(Cc2ccc3c(c2)OCO3)Cc2nc(C(=O)NCC(C)C)cs2)cc1. The topological polar surface area (TPSA) is 137 Å². The number of likely N-dealkylation sites (N-methyl/N-ethyl adjacent to an activating group) is 1. The van der Waals surface area contributed by atoms with Crippen molar-refractivity contribution in [3.63, 3.8) is 0 Å². The summed E-state index contributed by atoms with van der Waals surface area (Å²) in [4.78, 5) is 41.4. The lowest BCUT2D eigenvalue weighted by Gasteiger charge is -2.23. The Balaban J connectivity index is 0.000000212. The first-order valence-electron chi connectivity index (χ1n) is 25.6. The van der Waals surface area contributed by atoms with Crippen LogP contribution in [0.1, 0.15) is 105 Å². The number of hydrogen-bond donors (Lipinski definition) is 1. The van der Waals surface area contributed by atoms with Crippen LogP contribution in [0.15, 0.2) is 114 Å². The number of carbonyl (C=O) groups excluding carboxylic acids is 2. The maximum Gasteiger partial charge on any atom is 0.273 e. The maximum absolute atomic E-state index is 13.3. The minimum Gasteiger partial charge on any atom is -0.493 e. The van der Waals surface area contributed by atoms with Gasteiger partial charge in [-0.2, -0.15) is 0 Å². The highest BCUT2D eigenvalue weighted by atomic mass is 32.1. The molecule has 0 spiro atoms. The number of benzene rings is 5.